The predicted octanol–water partition coefficient (Wildman–Crippen LogP) is 2.17. The third-order valence-electron chi connectivity index (χ3n) is 5.22. The van der Waals surface area contributed by atoms with Gasteiger partial charge in [0.05, 0.1) is 21.7 Å². The summed E-state index contributed by atoms with van der Waals surface area (Å²) in [5, 5.41) is 2.62. The molecule has 1 heterocycles. The van der Waals surface area contributed by atoms with Crippen LogP contribution < -0.4 is 5.32 Å². The molecule has 1 aliphatic rings. The van der Waals surface area contributed by atoms with Crippen molar-refractivity contribution in [2.24, 2.45) is 0 Å². The van der Waals surface area contributed by atoms with Crippen LogP contribution in [-0.2, 0) is 19.7 Å². The molecule has 1 aliphatic heterocycles. The van der Waals surface area contributed by atoms with Crippen molar-refractivity contribution < 1.29 is 16.8 Å². The molecule has 3 rings (SSSR count). The SMILES string of the molecule is CN(C)C(CN[C@H]1CS(=O)(=O)C[C@@H]1S(=O)(=O)c1ccc(Cl)cc1)c1ccccc1. The number of likely N-dealkylation sites (N-methyl/N-ethyl adjacent to an activating group) is 1. The predicted molar refractivity (Wildman–Crippen MR) is 116 cm³/mol. The highest BCUT2D eigenvalue weighted by Gasteiger charge is 2.45. The van der Waals surface area contributed by atoms with E-state index < -0.39 is 31.0 Å². The lowest BCUT2D eigenvalue weighted by Crippen LogP contribution is -2.46. The summed E-state index contributed by atoms with van der Waals surface area (Å²) in [4.78, 5) is 2.11. The van der Waals surface area contributed by atoms with E-state index in [2.05, 4.69) is 5.32 Å². The van der Waals surface area contributed by atoms with Gasteiger partial charge in [0.2, 0.25) is 0 Å². The zero-order valence-electron chi connectivity index (χ0n) is 16.3. The van der Waals surface area contributed by atoms with E-state index in [9.17, 15) is 16.8 Å². The molecular weight excluding hydrogens is 432 g/mol. The van der Waals surface area contributed by atoms with E-state index in [4.69, 9.17) is 11.6 Å². The number of nitrogens with zero attached hydrogens (tertiary/aromatic N) is 1. The molecule has 0 spiro atoms. The van der Waals surface area contributed by atoms with Crippen molar-refractivity contribution in [2.45, 2.75) is 22.2 Å². The maximum absolute atomic E-state index is 13.1. The van der Waals surface area contributed by atoms with Crippen molar-refractivity contribution in [2.75, 3.05) is 32.1 Å². The molecule has 0 bridgehead atoms. The van der Waals surface area contributed by atoms with E-state index >= 15 is 0 Å². The third-order valence-corrected chi connectivity index (χ3v) is 9.64. The molecule has 29 heavy (non-hydrogen) atoms. The van der Waals surface area contributed by atoms with Gasteiger partial charge in [-0.15, -0.1) is 0 Å². The average molecular weight is 457 g/mol. The third kappa shape index (κ3) is 5.19. The van der Waals surface area contributed by atoms with Gasteiger partial charge >= 0.3 is 0 Å². The second kappa shape index (κ2) is 8.73. The summed E-state index contributed by atoms with van der Waals surface area (Å²) in [5.41, 5.74) is 1.07. The molecule has 6 nitrogen and oxygen atoms in total. The van der Waals surface area contributed by atoms with Gasteiger partial charge in [-0.3, -0.25) is 0 Å². The molecule has 9 heteroatoms. The smallest absolute Gasteiger partial charge is 0.183 e. The second-order valence-corrected chi connectivity index (χ2v) is 12.3. The minimum absolute atomic E-state index is 0.0154. The Kier molecular flexibility index (Phi) is 6.70. The minimum atomic E-state index is -3.82. The van der Waals surface area contributed by atoms with Gasteiger partial charge in [0, 0.05) is 23.7 Å². The fraction of sp³-hybridized carbons (Fsp3) is 0.400. The number of rotatable bonds is 7. The zero-order valence-corrected chi connectivity index (χ0v) is 18.7. The van der Waals surface area contributed by atoms with Gasteiger partial charge < -0.3 is 10.2 Å². The molecule has 0 aliphatic carbocycles. The molecule has 0 radical (unpaired) electrons. The first-order valence-electron chi connectivity index (χ1n) is 9.25. The van der Waals surface area contributed by atoms with E-state index in [1.165, 1.54) is 24.3 Å². The average Bonchev–Trinajstić information content (AvgIpc) is 2.98. The van der Waals surface area contributed by atoms with Crippen LogP contribution in [0.1, 0.15) is 11.6 Å². The standard InChI is InChI=1S/C20H25ClN2O4S2/c1-23(2)19(15-6-4-3-5-7-15)12-22-18-13-28(24,25)14-20(18)29(26,27)17-10-8-16(21)9-11-17/h3-11,18-20,22H,12-14H2,1-2H3/t18-,19?,20-/m0/s1. The quantitative estimate of drug-likeness (QED) is 0.687. The molecule has 2 aromatic carbocycles. The maximum atomic E-state index is 13.1. The van der Waals surface area contributed by atoms with E-state index in [1.807, 2.05) is 49.3 Å². The maximum Gasteiger partial charge on any atom is 0.183 e. The van der Waals surface area contributed by atoms with Gasteiger partial charge in [0.1, 0.15) is 0 Å². The van der Waals surface area contributed by atoms with Crippen molar-refractivity contribution in [3.63, 3.8) is 0 Å². The van der Waals surface area contributed by atoms with Gasteiger partial charge in [0.15, 0.2) is 19.7 Å². The lowest BCUT2D eigenvalue weighted by Gasteiger charge is -2.28. The van der Waals surface area contributed by atoms with Crippen LogP contribution in [0.2, 0.25) is 5.02 Å². The van der Waals surface area contributed by atoms with Gasteiger partial charge in [-0.1, -0.05) is 41.9 Å². The van der Waals surface area contributed by atoms with Crippen LogP contribution in [0.25, 0.3) is 0 Å². The van der Waals surface area contributed by atoms with Crippen LogP contribution in [0.5, 0.6) is 0 Å². The summed E-state index contributed by atoms with van der Waals surface area (Å²) in [6.07, 6.45) is 0. The Balaban J connectivity index is 1.84. The van der Waals surface area contributed by atoms with Gasteiger partial charge in [0.25, 0.3) is 0 Å². The van der Waals surface area contributed by atoms with Crippen LogP contribution >= 0.6 is 11.6 Å². The number of hydrogen-bond acceptors (Lipinski definition) is 6. The monoisotopic (exact) mass is 456 g/mol. The molecule has 0 amide bonds. The lowest BCUT2D eigenvalue weighted by molar-refractivity contribution is 0.282. The van der Waals surface area contributed by atoms with E-state index in [-0.39, 0.29) is 22.4 Å². The molecule has 1 saturated heterocycles. The molecule has 2 aromatic rings. The Morgan fingerprint density at radius 2 is 1.69 bits per heavy atom. The highest BCUT2D eigenvalue weighted by molar-refractivity contribution is 7.96. The van der Waals surface area contributed by atoms with Gasteiger partial charge in [-0.05, 0) is 43.9 Å². The van der Waals surface area contributed by atoms with E-state index in [1.54, 1.807) is 0 Å². The van der Waals surface area contributed by atoms with Gasteiger partial charge in [-0.25, -0.2) is 16.8 Å². The Labute approximate surface area is 177 Å². The van der Waals surface area contributed by atoms with Crippen molar-refractivity contribution in [3.8, 4) is 0 Å². The van der Waals surface area contributed by atoms with E-state index in [0.29, 0.717) is 11.6 Å². The largest absolute Gasteiger partial charge is 0.310 e. The van der Waals surface area contributed by atoms with E-state index in [0.717, 1.165) is 5.56 Å². The minimum Gasteiger partial charge on any atom is -0.310 e. The number of hydrogen-bond donors (Lipinski definition) is 1. The number of sulfone groups is 2. The summed E-state index contributed by atoms with van der Waals surface area (Å²) in [6, 6.07) is 15.0. The van der Waals surface area contributed by atoms with Gasteiger partial charge in [-0.2, -0.15) is 0 Å². The first-order chi connectivity index (χ1) is 13.6. The number of nitrogens with one attached hydrogen (secondary N) is 1. The number of halogens is 1. The Morgan fingerprint density at radius 3 is 2.28 bits per heavy atom. The Bertz CT molecular complexity index is 1040. The summed E-state index contributed by atoms with van der Waals surface area (Å²) in [7, 11) is -3.41. The highest BCUT2D eigenvalue weighted by atomic mass is 35.5. The Hall–Kier alpha value is -1.45. The van der Waals surface area contributed by atoms with Crippen LogP contribution in [0.3, 0.4) is 0 Å². The lowest BCUT2D eigenvalue weighted by atomic mass is 10.1. The summed E-state index contributed by atoms with van der Waals surface area (Å²) in [6.45, 7) is 0.434. The van der Waals surface area contributed by atoms with Crippen molar-refractivity contribution >= 4 is 31.3 Å². The van der Waals surface area contributed by atoms with Crippen LogP contribution in [0.4, 0.5) is 0 Å². The molecule has 1 unspecified atom stereocenters. The molecule has 1 fully saturated rings. The molecule has 1 N–H and O–H groups in total. The molecule has 3 atom stereocenters. The summed E-state index contributed by atoms with van der Waals surface area (Å²) >= 11 is 5.86. The fourth-order valence-corrected chi connectivity index (χ4v) is 8.49. The normalized spacial score (nSPS) is 22.6. The van der Waals surface area contributed by atoms with Crippen LogP contribution in [0.15, 0.2) is 59.5 Å². The molecular formula is C20H25ClN2O4S2. The summed E-state index contributed by atoms with van der Waals surface area (Å²) in [5.74, 6) is -0.576. The van der Waals surface area contributed by atoms with Crippen LogP contribution in [-0.4, -0.2) is 65.2 Å². The highest BCUT2D eigenvalue weighted by Crippen LogP contribution is 2.27. The molecule has 158 valence electrons. The Morgan fingerprint density at radius 1 is 1.07 bits per heavy atom. The first kappa shape index (κ1) is 22.2. The first-order valence-corrected chi connectivity index (χ1v) is 13.0. The van der Waals surface area contributed by atoms with Crippen molar-refractivity contribution in [1.29, 1.82) is 0 Å². The molecule has 0 saturated carbocycles. The van der Waals surface area contributed by atoms with Crippen molar-refractivity contribution in [3.05, 3.63) is 65.2 Å². The molecule has 0 aromatic heterocycles. The summed E-state index contributed by atoms with van der Waals surface area (Å²) < 4.78 is 50.9. The van der Waals surface area contributed by atoms with Crippen LogP contribution in [0, 0.1) is 0 Å². The fourth-order valence-electron chi connectivity index (χ4n) is 3.65. The second-order valence-electron chi connectivity index (χ2n) is 7.52. The number of benzene rings is 2. The topological polar surface area (TPSA) is 83.6 Å². The van der Waals surface area contributed by atoms with Crippen molar-refractivity contribution in [1.82, 2.24) is 10.2 Å². The zero-order chi connectivity index (χ0) is 21.2.